The van der Waals surface area contributed by atoms with E-state index in [0.29, 0.717) is 12.0 Å². The molecule has 1 aromatic heterocycles. The molecule has 0 aliphatic rings. The Bertz CT molecular complexity index is 777. The largest absolute Gasteiger partial charge is 0.294 e. The minimum atomic E-state index is 0.0844. The van der Waals surface area contributed by atoms with Crippen molar-refractivity contribution in [2.24, 2.45) is 0 Å². The first kappa shape index (κ1) is 13.0. The number of hydrogen-bond donors (Lipinski definition) is 0. The number of pyridine rings is 1. The highest BCUT2D eigenvalue weighted by Gasteiger charge is 2.12. The number of nitrogens with zero attached hydrogens (tertiary/aromatic N) is 1. The van der Waals surface area contributed by atoms with Crippen LogP contribution < -0.4 is 0 Å². The molecule has 3 heteroatoms. The first-order valence-corrected chi connectivity index (χ1v) is 7.15. The lowest BCUT2D eigenvalue weighted by molar-refractivity contribution is 0.0994. The maximum absolute atomic E-state index is 12.5. The normalized spacial score (nSPS) is 10.7. The maximum Gasteiger partial charge on any atom is 0.169 e. The van der Waals surface area contributed by atoms with Crippen LogP contribution in [0, 0.1) is 0 Å². The molecule has 0 aliphatic heterocycles. The highest BCUT2D eigenvalue weighted by Crippen LogP contribution is 2.21. The van der Waals surface area contributed by atoms with Gasteiger partial charge in [-0.1, -0.05) is 52.3 Å². The summed E-state index contributed by atoms with van der Waals surface area (Å²) in [6.45, 7) is 0. The number of rotatable bonds is 3. The second-order valence-corrected chi connectivity index (χ2v) is 5.43. The van der Waals surface area contributed by atoms with Crippen molar-refractivity contribution in [1.82, 2.24) is 4.98 Å². The van der Waals surface area contributed by atoms with Crippen molar-refractivity contribution in [3.8, 4) is 0 Å². The molecule has 0 amide bonds. The van der Waals surface area contributed by atoms with Crippen LogP contribution in [0.3, 0.4) is 0 Å². The van der Waals surface area contributed by atoms with Gasteiger partial charge >= 0.3 is 0 Å². The van der Waals surface area contributed by atoms with E-state index < -0.39 is 0 Å². The molecule has 20 heavy (non-hydrogen) atoms. The summed E-state index contributed by atoms with van der Waals surface area (Å²) >= 11 is 3.48. The zero-order valence-corrected chi connectivity index (χ0v) is 12.3. The third kappa shape index (κ3) is 2.49. The van der Waals surface area contributed by atoms with Gasteiger partial charge in [0, 0.05) is 28.0 Å². The number of hydrogen-bond acceptors (Lipinski definition) is 2. The molecular formula is C17H12BrNO. The Morgan fingerprint density at radius 1 is 1.00 bits per heavy atom. The second kappa shape index (κ2) is 5.55. The van der Waals surface area contributed by atoms with Crippen LogP contribution >= 0.6 is 15.9 Å². The summed E-state index contributed by atoms with van der Waals surface area (Å²) in [5.41, 5.74) is 2.44. The van der Waals surface area contributed by atoms with Crippen molar-refractivity contribution in [3.63, 3.8) is 0 Å². The van der Waals surface area contributed by atoms with E-state index in [1.165, 1.54) is 0 Å². The fourth-order valence-electron chi connectivity index (χ4n) is 2.24. The molecule has 2 aromatic carbocycles. The van der Waals surface area contributed by atoms with Gasteiger partial charge in [-0.3, -0.25) is 9.78 Å². The number of benzene rings is 2. The summed E-state index contributed by atoms with van der Waals surface area (Å²) < 4.78 is 0.960. The number of carbonyl (C=O) groups excluding carboxylic acids is 1. The molecule has 0 fully saturated rings. The van der Waals surface area contributed by atoms with Gasteiger partial charge in [0.15, 0.2) is 5.78 Å². The first-order chi connectivity index (χ1) is 9.75. The number of halogens is 1. The lowest BCUT2D eigenvalue weighted by atomic mass is 10.0. The molecule has 0 spiro atoms. The molecule has 0 saturated heterocycles. The first-order valence-electron chi connectivity index (χ1n) is 6.36. The van der Waals surface area contributed by atoms with E-state index in [4.69, 9.17) is 0 Å². The number of para-hydroxylation sites is 1. The van der Waals surface area contributed by atoms with E-state index in [1.54, 1.807) is 6.20 Å². The third-order valence-corrected chi connectivity index (χ3v) is 4.02. The van der Waals surface area contributed by atoms with E-state index in [2.05, 4.69) is 20.9 Å². The van der Waals surface area contributed by atoms with E-state index >= 15 is 0 Å². The minimum absolute atomic E-state index is 0.0844. The smallest absolute Gasteiger partial charge is 0.169 e. The summed E-state index contributed by atoms with van der Waals surface area (Å²) in [7, 11) is 0. The molecule has 98 valence electrons. The van der Waals surface area contributed by atoms with Crippen LogP contribution in [0.5, 0.6) is 0 Å². The average Bonchev–Trinajstić information content (AvgIpc) is 2.49. The van der Waals surface area contributed by atoms with Gasteiger partial charge in [-0.25, -0.2) is 0 Å². The van der Waals surface area contributed by atoms with Gasteiger partial charge < -0.3 is 0 Å². The summed E-state index contributed by atoms with van der Waals surface area (Å²) in [4.78, 5) is 16.9. The Morgan fingerprint density at radius 2 is 1.80 bits per heavy atom. The van der Waals surface area contributed by atoms with Crippen molar-refractivity contribution in [3.05, 3.63) is 76.4 Å². The lowest BCUT2D eigenvalue weighted by Crippen LogP contribution is -2.05. The molecule has 3 aromatic rings. The fraction of sp³-hybridized carbons (Fsp3) is 0.0588. The molecule has 2 nitrogen and oxygen atoms in total. The minimum Gasteiger partial charge on any atom is -0.294 e. The second-order valence-electron chi connectivity index (χ2n) is 4.57. The predicted molar refractivity (Wildman–Crippen MR) is 83.9 cm³/mol. The van der Waals surface area contributed by atoms with Gasteiger partial charge in [0.25, 0.3) is 0 Å². The molecular weight excluding hydrogens is 314 g/mol. The Labute approximate surface area is 125 Å². The summed E-state index contributed by atoms with van der Waals surface area (Å²) in [5.74, 6) is 0.0844. The van der Waals surface area contributed by atoms with Crippen molar-refractivity contribution in [2.45, 2.75) is 6.42 Å². The number of fused-ring (bicyclic) bond motifs is 1. The van der Waals surface area contributed by atoms with Crippen molar-refractivity contribution in [1.29, 1.82) is 0 Å². The molecule has 0 saturated carbocycles. The van der Waals surface area contributed by atoms with Gasteiger partial charge in [0.05, 0.1) is 5.52 Å². The third-order valence-electron chi connectivity index (χ3n) is 3.24. The van der Waals surface area contributed by atoms with Gasteiger partial charge in [0.2, 0.25) is 0 Å². The van der Waals surface area contributed by atoms with Gasteiger partial charge in [-0.15, -0.1) is 0 Å². The molecule has 0 N–H and O–H groups in total. The molecule has 0 unspecified atom stereocenters. The predicted octanol–water partition coefficient (Wildman–Crippen LogP) is 4.42. The van der Waals surface area contributed by atoms with E-state index in [1.807, 2.05) is 54.6 Å². The standard InChI is InChI=1S/C17H12BrNO/c18-15-9-2-1-5-13(15)11-16(20)14-8-3-6-12-7-4-10-19-17(12)14/h1-10H,11H2. The Morgan fingerprint density at radius 3 is 2.65 bits per heavy atom. The van der Waals surface area contributed by atoms with Crippen molar-refractivity contribution in [2.75, 3.05) is 0 Å². The van der Waals surface area contributed by atoms with E-state index in [0.717, 1.165) is 20.9 Å². The number of aromatic nitrogens is 1. The molecule has 0 aliphatic carbocycles. The van der Waals surface area contributed by atoms with E-state index in [-0.39, 0.29) is 5.78 Å². The Hall–Kier alpha value is -2.00. The summed E-state index contributed by atoms with van der Waals surface area (Å²) in [5, 5.41) is 0.991. The Balaban J connectivity index is 1.99. The van der Waals surface area contributed by atoms with E-state index in [9.17, 15) is 4.79 Å². The van der Waals surface area contributed by atoms with Crippen LogP contribution in [0.4, 0.5) is 0 Å². The quantitative estimate of drug-likeness (QED) is 0.667. The molecule has 0 atom stereocenters. The van der Waals surface area contributed by atoms with Crippen LogP contribution in [0.15, 0.2) is 65.3 Å². The SMILES string of the molecule is O=C(Cc1ccccc1Br)c1cccc2cccnc12. The van der Waals surface area contributed by atoms with Gasteiger partial charge in [-0.05, 0) is 23.8 Å². The number of Topliss-reactive ketones (excluding diaryl/α,β-unsaturated/α-hetero) is 1. The maximum atomic E-state index is 12.5. The van der Waals surface area contributed by atoms with Crippen molar-refractivity contribution < 1.29 is 4.79 Å². The summed E-state index contributed by atoms with van der Waals surface area (Å²) in [6, 6.07) is 17.3. The molecule has 0 bridgehead atoms. The van der Waals surface area contributed by atoms with Crippen LogP contribution in [0.2, 0.25) is 0 Å². The highest BCUT2D eigenvalue weighted by molar-refractivity contribution is 9.10. The average molecular weight is 326 g/mol. The monoisotopic (exact) mass is 325 g/mol. The molecule has 1 heterocycles. The van der Waals surface area contributed by atoms with Gasteiger partial charge in [-0.2, -0.15) is 0 Å². The topological polar surface area (TPSA) is 30.0 Å². The number of ketones is 1. The summed E-state index contributed by atoms with van der Waals surface area (Å²) in [6.07, 6.45) is 2.09. The molecule has 3 rings (SSSR count). The Kier molecular flexibility index (Phi) is 3.61. The van der Waals surface area contributed by atoms with Crippen LogP contribution in [-0.2, 0) is 6.42 Å². The highest BCUT2D eigenvalue weighted by atomic mass is 79.9. The van der Waals surface area contributed by atoms with Gasteiger partial charge in [0.1, 0.15) is 0 Å². The van der Waals surface area contributed by atoms with Crippen LogP contribution in [-0.4, -0.2) is 10.8 Å². The zero-order valence-electron chi connectivity index (χ0n) is 10.7. The lowest BCUT2D eigenvalue weighted by Gasteiger charge is -2.06. The zero-order chi connectivity index (χ0) is 13.9. The van der Waals surface area contributed by atoms with Crippen LogP contribution in [0.1, 0.15) is 15.9 Å². The van der Waals surface area contributed by atoms with Crippen LogP contribution in [0.25, 0.3) is 10.9 Å². The molecule has 0 radical (unpaired) electrons. The van der Waals surface area contributed by atoms with Crippen molar-refractivity contribution >= 4 is 32.6 Å². The fourth-order valence-corrected chi connectivity index (χ4v) is 2.66. The number of carbonyl (C=O) groups is 1.